The predicted molar refractivity (Wildman–Crippen MR) is 128 cm³/mol. The maximum Gasteiger partial charge on any atom is 0.339 e. The first-order valence-electron chi connectivity index (χ1n) is 11.0. The van der Waals surface area contributed by atoms with E-state index in [-0.39, 0.29) is 35.8 Å². The van der Waals surface area contributed by atoms with Crippen LogP contribution in [-0.2, 0) is 10.3 Å². The second-order valence-corrected chi connectivity index (χ2v) is 8.39. The van der Waals surface area contributed by atoms with Gasteiger partial charge in [-0.3, -0.25) is 4.79 Å². The molecule has 1 atom stereocenters. The molecular formula is C25H27N5O4. The van der Waals surface area contributed by atoms with Crippen molar-refractivity contribution < 1.29 is 19.4 Å². The van der Waals surface area contributed by atoms with Gasteiger partial charge in [-0.15, -0.1) is 0 Å². The minimum absolute atomic E-state index is 0.195. The summed E-state index contributed by atoms with van der Waals surface area (Å²) < 4.78 is 5.43. The fourth-order valence-corrected chi connectivity index (χ4v) is 3.83. The Morgan fingerprint density at radius 1 is 1.18 bits per heavy atom. The van der Waals surface area contributed by atoms with Crippen LogP contribution in [0.5, 0.6) is 0 Å². The number of aliphatic hydroxyl groups excluding tert-OH is 1. The number of aliphatic hydroxyl groups is 1. The van der Waals surface area contributed by atoms with Crippen LogP contribution in [0.25, 0.3) is 0 Å². The van der Waals surface area contributed by atoms with Gasteiger partial charge >= 0.3 is 5.97 Å². The number of amides is 1. The summed E-state index contributed by atoms with van der Waals surface area (Å²) in [6, 6.07) is 14.2. The van der Waals surface area contributed by atoms with Crippen molar-refractivity contribution in [3.8, 4) is 0 Å². The molecule has 9 nitrogen and oxygen atoms in total. The quantitative estimate of drug-likeness (QED) is 0.376. The second-order valence-electron chi connectivity index (χ2n) is 8.39. The van der Waals surface area contributed by atoms with Crippen LogP contribution in [0.3, 0.4) is 0 Å². The molecule has 2 aromatic carbocycles. The molecule has 176 valence electrons. The van der Waals surface area contributed by atoms with Gasteiger partial charge in [-0.05, 0) is 44.5 Å². The molecule has 1 aromatic heterocycles. The molecule has 0 saturated carbocycles. The fraction of sp³-hybridized carbons (Fsp3) is 0.280. The van der Waals surface area contributed by atoms with E-state index in [4.69, 9.17) is 4.74 Å². The standard InChI is InChI=1S/C25H27N5O4/c1-4-26-22(32)18-13-27-24(30-21(18)29-20(14-31)15-8-6-5-7-9-15)28-16-10-11-17-19(12-16)25(2,3)34-23(17)33/h5-13,20,31H,4,14H2,1-3H3,(H,26,32)(H2,27,28,29,30)/t20-/m1/s1. The van der Waals surface area contributed by atoms with Crippen molar-refractivity contribution in [2.75, 3.05) is 23.8 Å². The molecule has 1 amide bonds. The van der Waals surface area contributed by atoms with Gasteiger partial charge in [-0.25, -0.2) is 9.78 Å². The first-order valence-corrected chi connectivity index (χ1v) is 11.0. The van der Waals surface area contributed by atoms with Crippen molar-refractivity contribution in [3.05, 3.63) is 77.0 Å². The van der Waals surface area contributed by atoms with E-state index in [1.807, 2.05) is 57.2 Å². The fourth-order valence-electron chi connectivity index (χ4n) is 3.83. The summed E-state index contributed by atoms with van der Waals surface area (Å²) in [6.07, 6.45) is 1.44. The van der Waals surface area contributed by atoms with Crippen molar-refractivity contribution in [1.82, 2.24) is 15.3 Å². The minimum Gasteiger partial charge on any atom is -0.451 e. The Kier molecular flexibility index (Phi) is 6.47. The third-order valence-electron chi connectivity index (χ3n) is 5.56. The van der Waals surface area contributed by atoms with Crippen LogP contribution in [0, 0.1) is 0 Å². The molecule has 4 N–H and O–H groups in total. The van der Waals surface area contributed by atoms with Crippen molar-refractivity contribution >= 4 is 29.3 Å². The summed E-state index contributed by atoms with van der Waals surface area (Å²) in [4.78, 5) is 33.5. The number of nitrogens with zero attached hydrogens (tertiary/aromatic N) is 2. The minimum atomic E-state index is -0.732. The summed E-state index contributed by atoms with van der Waals surface area (Å²) >= 11 is 0. The summed E-state index contributed by atoms with van der Waals surface area (Å²) in [7, 11) is 0. The summed E-state index contributed by atoms with van der Waals surface area (Å²) in [6.45, 7) is 5.75. The Morgan fingerprint density at radius 3 is 2.65 bits per heavy atom. The van der Waals surface area contributed by atoms with E-state index >= 15 is 0 Å². The van der Waals surface area contributed by atoms with E-state index < -0.39 is 11.6 Å². The van der Waals surface area contributed by atoms with Crippen LogP contribution in [0.1, 0.15) is 58.7 Å². The Balaban J connectivity index is 1.66. The van der Waals surface area contributed by atoms with E-state index in [1.165, 1.54) is 6.20 Å². The Bertz CT molecular complexity index is 1210. The molecule has 34 heavy (non-hydrogen) atoms. The number of nitrogens with one attached hydrogen (secondary N) is 3. The molecule has 0 saturated heterocycles. The second kappa shape index (κ2) is 9.48. The molecule has 3 aromatic rings. The maximum atomic E-state index is 12.6. The number of anilines is 3. The molecule has 0 unspecified atom stereocenters. The first-order chi connectivity index (χ1) is 16.3. The predicted octanol–water partition coefficient (Wildman–Crippen LogP) is 3.52. The van der Waals surface area contributed by atoms with Crippen LogP contribution in [0.15, 0.2) is 54.7 Å². The monoisotopic (exact) mass is 461 g/mol. The van der Waals surface area contributed by atoms with E-state index in [0.717, 1.165) is 11.1 Å². The summed E-state index contributed by atoms with van der Waals surface area (Å²) in [5.74, 6) is -0.137. The zero-order valence-electron chi connectivity index (χ0n) is 19.3. The largest absolute Gasteiger partial charge is 0.451 e. The highest BCUT2D eigenvalue weighted by atomic mass is 16.6. The number of esters is 1. The van der Waals surface area contributed by atoms with E-state index in [2.05, 4.69) is 25.9 Å². The number of benzene rings is 2. The van der Waals surface area contributed by atoms with Crippen molar-refractivity contribution in [3.63, 3.8) is 0 Å². The topological polar surface area (TPSA) is 125 Å². The van der Waals surface area contributed by atoms with Gasteiger partial charge in [0.2, 0.25) is 5.95 Å². The smallest absolute Gasteiger partial charge is 0.339 e. The lowest BCUT2D eigenvalue weighted by Crippen LogP contribution is -2.26. The van der Waals surface area contributed by atoms with Crippen LogP contribution in [0.4, 0.5) is 17.5 Å². The summed E-state index contributed by atoms with van der Waals surface area (Å²) in [5, 5.41) is 19.0. The van der Waals surface area contributed by atoms with Gasteiger partial charge in [0.05, 0.1) is 18.2 Å². The third-order valence-corrected chi connectivity index (χ3v) is 5.56. The molecular weight excluding hydrogens is 434 g/mol. The third kappa shape index (κ3) is 4.69. The molecule has 1 aliphatic rings. The van der Waals surface area contributed by atoms with E-state index in [1.54, 1.807) is 12.1 Å². The van der Waals surface area contributed by atoms with Gasteiger partial charge in [0.15, 0.2) is 0 Å². The molecule has 0 aliphatic carbocycles. The lowest BCUT2D eigenvalue weighted by molar-refractivity contribution is 0.00953. The molecule has 1 aliphatic heterocycles. The first kappa shape index (κ1) is 23.2. The summed E-state index contributed by atoms with van der Waals surface area (Å²) in [5.41, 5.74) is 2.34. The molecule has 0 spiro atoms. The van der Waals surface area contributed by atoms with Crippen LogP contribution in [-0.4, -0.2) is 40.1 Å². The number of carbonyl (C=O) groups excluding carboxylic acids is 2. The van der Waals surface area contributed by atoms with Gasteiger partial charge < -0.3 is 25.8 Å². The van der Waals surface area contributed by atoms with E-state index in [9.17, 15) is 14.7 Å². The molecule has 9 heteroatoms. The number of rotatable bonds is 8. The van der Waals surface area contributed by atoms with Gasteiger partial charge in [-0.2, -0.15) is 4.98 Å². The zero-order valence-corrected chi connectivity index (χ0v) is 19.3. The SMILES string of the molecule is CCNC(=O)c1cnc(Nc2ccc3c(c2)C(C)(C)OC3=O)nc1N[C@H](CO)c1ccccc1. The molecule has 4 rings (SSSR count). The van der Waals surface area contributed by atoms with Gasteiger partial charge in [0.25, 0.3) is 5.91 Å². The Morgan fingerprint density at radius 2 is 1.94 bits per heavy atom. The molecule has 0 bridgehead atoms. The number of hydrogen-bond donors (Lipinski definition) is 4. The van der Waals surface area contributed by atoms with Crippen LogP contribution in [0.2, 0.25) is 0 Å². The van der Waals surface area contributed by atoms with Gasteiger partial charge in [0.1, 0.15) is 17.0 Å². The number of carbonyl (C=O) groups is 2. The van der Waals surface area contributed by atoms with Gasteiger partial charge in [0, 0.05) is 24.0 Å². The Hall–Kier alpha value is -3.98. The number of fused-ring (bicyclic) bond motifs is 1. The average molecular weight is 462 g/mol. The lowest BCUT2D eigenvalue weighted by atomic mass is 9.95. The maximum absolute atomic E-state index is 12.6. The number of cyclic esters (lactones) is 1. The van der Waals surface area contributed by atoms with Crippen molar-refractivity contribution in [1.29, 1.82) is 0 Å². The Labute approximate surface area is 197 Å². The van der Waals surface area contributed by atoms with Crippen molar-refractivity contribution in [2.45, 2.75) is 32.4 Å². The molecule has 0 fully saturated rings. The molecule has 2 heterocycles. The van der Waals surface area contributed by atoms with Crippen molar-refractivity contribution in [2.24, 2.45) is 0 Å². The number of ether oxygens (including phenoxy) is 1. The molecule has 0 radical (unpaired) electrons. The number of aromatic nitrogens is 2. The normalized spacial score (nSPS) is 14.6. The van der Waals surface area contributed by atoms with Crippen LogP contribution >= 0.6 is 0 Å². The van der Waals surface area contributed by atoms with Gasteiger partial charge in [-0.1, -0.05) is 30.3 Å². The van der Waals surface area contributed by atoms with E-state index in [0.29, 0.717) is 17.8 Å². The highest BCUT2D eigenvalue weighted by Crippen LogP contribution is 2.37. The zero-order chi connectivity index (χ0) is 24.3. The number of hydrogen-bond acceptors (Lipinski definition) is 8. The average Bonchev–Trinajstić information content (AvgIpc) is 3.06. The highest BCUT2D eigenvalue weighted by molar-refractivity contribution is 5.98. The lowest BCUT2D eigenvalue weighted by Gasteiger charge is -2.20. The van der Waals surface area contributed by atoms with Crippen LogP contribution < -0.4 is 16.0 Å². The highest BCUT2D eigenvalue weighted by Gasteiger charge is 2.37.